The molecule has 2 aliphatic rings. The zero-order valence-electron chi connectivity index (χ0n) is 22.3. The van der Waals surface area contributed by atoms with Crippen LogP contribution in [0.15, 0.2) is 66.9 Å². The van der Waals surface area contributed by atoms with E-state index in [-0.39, 0.29) is 0 Å². The minimum absolute atomic E-state index is 0.484. The average Bonchev–Trinajstić information content (AvgIpc) is 3.57. The number of benzene rings is 2. The van der Waals surface area contributed by atoms with Crippen LogP contribution >= 0.6 is 0 Å². The normalized spacial score (nSPS) is 14.8. The molecule has 0 unspecified atom stereocenters. The Balaban J connectivity index is 1.39. The number of methoxy groups -OCH3 is 2. The minimum atomic E-state index is 0.484. The van der Waals surface area contributed by atoms with E-state index in [1.165, 1.54) is 17.5 Å². The van der Waals surface area contributed by atoms with Gasteiger partial charge in [0, 0.05) is 48.1 Å². The Labute approximate surface area is 227 Å². The topological polar surface area (TPSA) is 74.1 Å². The van der Waals surface area contributed by atoms with Gasteiger partial charge in [0.1, 0.15) is 28.4 Å². The van der Waals surface area contributed by atoms with Gasteiger partial charge in [-0.3, -0.25) is 9.67 Å². The molecule has 1 fully saturated rings. The van der Waals surface area contributed by atoms with Crippen molar-refractivity contribution in [3.8, 4) is 34.0 Å². The highest BCUT2D eigenvalue weighted by Gasteiger charge is 2.24. The van der Waals surface area contributed by atoms with Crippen molar-refractivity contribution in [1.82, 2.24) is 25.1 Å². The number of ether oxygens (including phenoxy) is 2. The van der Waals surface area contributed by atoms with E-state index in [4.69, 9.17) is 24.5 Å². The van der Waals surface area contributed by atoms with E-state index in [1.54, 1.807) is 14.2 Å². The van der Waals surface area contributed by atoms with Crippen molar-refractivity contribution in [3.05, 3.63) is 89.2 Å². The van der Waals surface area contributed by atoms with E-state index >= 15 is 0 Å². The number of hydrogen-bond donors (Lipinski definition) is 1. The molecule has 0 saturated carbocycles. The van der Waals surface area contributed by atoms with Gasteiger partial charge in [0.15, 0.2) is 0 Å². The zero-order chi connectivity index (χ0) is 26.3. The predicted octanol–water partition coefficient (Wildman–Crippen LogP) is 5.40. The maximum atomic E-state index is 5.94. The van der Waals surface area contributed by atoms with Crippen molar-refractivity contribution in [2.75, 3.05) is 27.3 Å². The first-order valence-electron chi connectivity index (χ1n) is 13.6. The van der Waals surface area contributed by atoms with E-state index in [1.807, 2.05) is 23.0 Å². The van der Waals surface area contributed by atoms with Crippen molar-refractivity contribution in [1.29, 1.82) is 0 Å². The fourth-order valence-corrected chi connectivity index (χ4v) is 5.77. The molecule has 7 nitrogen and oxygen atoms in total. The molecule has 3 aromatic heterocycles. The molecule has 2 aromatic carbocycles. The van der Waals surface area contributed by atoms with E-state index < -0.39 is 0 Å². The predicted molar refractivity (Wildman–Crippen MR) is 152 cm³/mol. The second-order valence-electron chi connectivity index (χ2n) is 10.4. The van der Waals surface area contributed by atoms with Gasteiger partial charge in [-0.15, -0.1) is 0 Å². The molecule has 0 radical (unpaired) electrons. The van der Waals surface area contributed by atoms with E-state index in [0.29, 0.717) is 12.5 Å². The summed E-state index contributed by atoms with van der Waals surface area (Å²) in [6.07, 6.45) is 5.31. The Morgan fingerprint density at radius 1 is 0.949 bits per heavy atom. The molecule has 0 atom stereocenters. The summed E-state index contributed by atoms with van der Waals surface area (Å²) < 4.78 is 13.3. The highest BCUT2D eigenvalue weighted by Crippen LogP contribution is 2.39. The van der Waals surface area contributed by atoms with Crippen LogP contribution in [-0.4, -0.2) is 47.1 Å². The van der Waals surface area contributed by atoms with Gasteiger partial charge < -0.3 is 14.8 Å². The standard InChI is InChI=1S/C32H31N5O2/c1-38-24-12-9-20(10-13-24)19-37-28-15-29(39-2)31(26-8-4-6-21-5-3-7-25(21)26)35-32(28)30(36-37)22-11-14-27(34-18-22)23-16-33-17-23/h4,6,8-15,18,23,33H,3,5,7,16-17,19H2,1-2H3. The fourth-order valence-electron chi connectivity index (χ4n) is 5.77. The van der Waals surface area contributed by atoms with Crippen molar-refractivity contribution < 1.29 is 9.47 Å². The lowest BCUT2D eigenvalue weighted by molar-refractivity contribution is 0.414. The van der Waals surface area contributed by atoms with Crippen LogP contribution < -0.4 is 14.8 Å². The van der Waals surface area contributed by atoms with Gasteiger partial charge in [0.25, 0.3) is 0 Å². The molecule has 1 aliphatic carbocycles. The first-order valence-corrected chi connectivity index (χ1v) is 13.6. The van der Waals surface area contributed by atoms with Crippen LogP contribution in [0.1, 0.15) is 34.7 Å². The molecule has 39 heavy (non-hydrogen) atoms. The third kappa shape index (κ3) is 4.23. The maximum Gasteiger partial charge on any atom is 0.147 e. The summed E-state index contributed by atoms with van der Waals surface area (Å²) in [4.78, 5) is 10.1. The fraction of sp³-hybridized carbons (Fsp3) is 0.281. The van der Waals surface area contributed by atoms with Crippen LogP contribution in [0.2, 0.25) is 0 Å². The Morgan fingerprint density at radius 3 is 2.54 bits per heavy atom. The molecule has 1 N–H and O–H groups in total. The van der Waals surface area contributed by atoms with Gasteiger partial charge in [-0.2, -0.15) is 5.10 Å². The van der Waals surface area contributed by atoms with Crippen LogP contribution in [0.25, 0.3) is 33.5 Å². The molecule has 196 valence electrons. The minimum Gasteiger partial charge on any atom is -0.497 e. The average molecular weight is 518 g/mol. The first kappa shape index (κ1) is 23.9. The van der Waals surface area contributed by atoms with Crippen molar-refractivity contribution in [2.45, 2.75) is 31.7 Å². The van der Waals surface area contributed by atoms with E-state index in [9.17, 15) is 0 Å². The Kier molecular flexibility index (Phi) is 6.01. The van der Waals surface area contributed by atoms with Gasteiger partial charge in [0.2, 0.25) is 0 Å². The van der Waals surface area contributed by atoms with Gasteiger partial charge in [-0.05, 0) is 60.2 Å². The lowest BCUT2D eigenvalue weighted by Crippen LogP contribution is -2.40. The van der Waals surface area contributed by atoms with Crippen LogP contribution in [0.3, 0.4) is 0 Å². The van der Waals surface area contributed by atoms with Crippen molar-refractivity contribution in [3.63, 3.8) is 0 Å². The molecule has 4 heterocycles. The van der Waals surface area contributed by atoms with Crippen LogP contribution in [0.4, 0.5) is 0 Å². The molecule has 5 aromatic rings. The SMILES string of the molecule is COc1ccc(Cn2nc(-c3ccc(C4CNC4)nc3)c3nc(-c4cccc5c4CCC5)c(OC)cc32)cc1. The summed E-state index contributed by atoms with van der Waals surface area (Å²) in [6, 6.07) is 21.0. The van der Waals surface area contributed by atoms with E-state index in [2.05, 4.69) is 53.8 Å². The highest BCUT2D eigenvalue weighted by atomic mass is 16.5. The Bertz CT molecular complexity index is 1650. The number of fused-ring (bicyclic) bond motifs is 2. The molecule has 0 spiro atoms. The summed E-state index contributed by atoms with van der Waals surface area (Å²) >= 11 is 0. The molecular weight excluding hydrogens is 486 g/mol. The molecular formula is C32H31N5O2. The van der Waals surface area contributed by atoms with Crippen LogP contribution in [0.5, 0.6) is 11.5 Å². The van der Waals surface area contributed by atoms with Gasteiger partial charge in [-0.25, -0.2) is 4.98 Å². The number of aryl methyl sites for hydroxylation is 1. The number of pyridine rings is 2. The largest absolute Gasteiger partial charge is 0.497 e. The highest BCUT2D eigenvalue weighted by molar-refractivity contribution is 5.93. The summed E-state index contributed by atoms with van der Waals surface area (Å²) in [7, 11) is 3.40. The van der Waals surface area contributed by atoms with Gasteiger partial charge >= 0.3 is 0 Å². The zero-order valence-corrected chi connectivity index (χ0v) is 22.3. The summed E-state index contributed by atoms with van der Waals surface area (Å²) in [5.41, 5.74) is 10.7. The number of aromatic nitrogens is 4. The van der Waals surface area contributed by atoms with Crippen LogP contribution in [-0.2, 0) is 19.4 Å². The number of rotatable bonds is 7. The molecule has 0 bridgehead atoms. The molecule has 1 aliphatic heterocycles. The summed E-state index contributed by atoms with van der Waals surface area (Å²) in [6.45, 7) is 2.57. The number of nitrogens with one attached hydrogen (secondary N) is 1. The van der Waals surface area contributed by atoms with Crippen molar-refractivity contribution in [2.24, 2.45) is 0 Å². The molecule has 0 amide bonds. The summed E-state index contributed by atoms with van der Waals surface area (Å²) in [5.74, 6) is 2.08. The third-order valence-corrected chi connectivity index (χ3v) is 8.06. The van der Waals surface area contributed by atoms with Gasteiger partial charge in [-0.1, -0.05) is 30.3 Å². The lowest BCUT2D eigenvalue weighted by atomic mass is 9.98. The monoisotopic (exact) mass is 517 g/mol. The first-order chi connectivity index (χ1) is 19.2. The smallest absolute Gasteiger partial charge is 0.147 e. The molecule has 7 heteroatoms. The third-order valence-electron chi connectivity index (χ3n) is 8.06. The quantitative estimate of drug-likeness (QED) is 0.312. The van der Waals surface area contributed by atoms with Crippen molar-refractivity contribution >= 4 is 11.0 Å². The lowest BCUT2D eigenvalue weighted by Gasteiger charge is -2.26. The summed E-state index contributed by atoms with van der Waals surface area (Å²) in [5, 5.41) is 8.43. The Morgan fingerprint density at radius 2 is 1.82 bits per heavy atom. The Hall–Kier alpha value is -4.23. The second-order valence-corrected chi connectivity index (χ2v) is 10.4. The number of hydrogen-bond acceptors (Lipinski definition) is 6. The maximum absolute atomic E-state index is 5.94. The molecule has 7 rings (SSSR count). The number of nitrogens with zero attached hydrogens (tertiary/aromatic N) is 4. The van der Waals surface area contributed by atoms with Crippen LogP contribution in [0, 0.1) is 0 Å². The molecule has 1 saturated heterocycles. The van der Waals surface area contributed by atoms with E-state index in [0.717, 1.165) is 82.2 Å². The second kappa shape index (κ2) is 9.82. The van der Waals surface area contributed by atoms with Gasteiger partial charge in [0.05, 0.1) is 26.3 Å².